The molecule has 0 N–H and O–H groups in total. The van der Waals surface area contributed by atoms with Gasteiger partial charge in [0, 0.05) is 29.6 Å². The summed E-state index contributed by atoms with van der Waals surface area (Å²) in [4.78, 5) is 30.6. The van der Waals surface area contributed by atoms with Crippen molar-refractivity contribution < 1.29 is 42.1 Å². The summed E-state index contributed by atoms with van der Waals surface area (Å²) in [5.41, 5.74) is 1.83. The third-order valence-corrected chi connectivity index (χ3v) is 7.28. The van der Waals surface area contributed by atoms with Crippen molar-refractivity contribution in [1.82, 2.24) is 4.98 Å². The Hall–Kier alpha value is -4.93. The van der Waals surface area contributed by atoms with Gasteiger partial charge in [0.1, 0.15) is 24.8 Å². The first-order valence-electron chi connectivity index (χ1n) is 14.5. The first-order valence-corrected chi connectivity index (χ1v) is 14.5. The molecule has 0 radical (unpaired) electrons. The zero-order chi connectivity index (χ0) is 31.2. The van der Waals surface area contributed by atoms with E-state index in [0.29, 0.717) is 90.9 Å². The molecule has 230 valence electrons. The Morgan fingerprint density at radius 3 is 2.24 bits per heavy atom. The highest BCUT2D eigenvalue weighted by Gasteiger charge is 2.25. The quantitative estimate of drug-likeness (QED) is 0.237. The van der Waals surface area contributed by atoms with Crippen molar-refractivity contribution in [3.05, 3.63) is 107 Å². The summed E-state index contributed by atoms with van der Waals surface area (Å²) in [5.74, 6) is -0.729. The minimum atomic E-state index is -0.677. The van der Waals surface area contributed by atoms with E-state index in [-0.39, 0.29) is 17.7 Å². The van der Waals surface area contributed by atoms with E-state index < -0.39 is 23.2 Å². The lowest BCUT2D eigenvalue weighted by molar-refractivity contribution is -0.118. The highest BCUT2D eigenvalue weighted by atomic mass is 19.1. The van der Waals surface area contributed by atoms with Crippen molar-refractivity contribution in [2.75, 3.05) is 39.6 Å². The van der Waals surface area contributed by atoms with Gasteiger partial charge in [-0.15, -0.1) is 0 Å². The number of rotatable bonds is 6. The van der Waals surface area contributed by atoms with Crippen molar-refractivity contribution in [3.63, 3.8) is 0 Å². The van der Waals surface area contributed by atoms with Gasteiger partial charge < -0.3 is 23.7 Å². The molecule has 3 aromatic carbocycles. The fraction of sp³-hybridized carbons (Fsp3) is 0.229. The Kier molecular flexibility index (Phi) is 9.23. The summed E-state index contributed by atoms with van der Waals surface area (Å²) in [7, 11) is 0. The van der Waals surface area contributed by atoms with Crippen LogP contribution in [0.15, 0.2) is 84.6 Å². The van der Waals surface area contributed by atoms with E-state index in [9.17, 15) is 14.0 Å². The van der Waals surface area contributed by atoms with Gasteiger partial charge in [-0.25, -0.2) is 8.78 Å². The molecule has 6 rings (SSSR count). The van der Waals surface area contributed by atoms with Gasteiger partial charge in [0.15, 0.2) is 34.6 Å². The van der Waals surface area contributed by atoms with Crippen molar-refractivity contribution >= 4 is 28.0 Å². The summed E-state index contributed by atoms with van der Waals surface area (Å²) in [6.45, 7) is 2.30. The Morgan fingerprint density at radius 2 is 1.51 bits per heavy atom. The number of nitrogens with zero attached hydrogens (tertiary/aromatic N) is 1. The molecule has 1 aliphatic heterocycles. The maximum atomic E-state index is 15.3. The van der Waals surface area contributed by atoms with Crippen LogP contribution in [0.5, 0.6) is 23.0 Å². The van der Waals surface area contributed by atoms with Crippen LogP contribution in [0.1, 0.15) is 17.5 Å². The van der Waals surface area contributed by atoms with Gasteiger partial charge in [0.05, 0.1) is 37.5 Å². The number of Topliss-reactive ketones (excluding diaryl/α,β-unsaturated/α-hetero) is 2. The normalized spacial score (nSPS) is 15.8. The fourth-order valence-electron chi connectivity index (χ4n) is 5.07. The van der Waals surface area contributed by atoms with Gasteiger partial charge in [-0.2, -0.15) is 0 Å². The lowest BCUT2D eigenvalue weighted by Gasteiger charge is -2.17. The number of ether oxygens (including phenoxy) is 5. The molecule has 45 heavy (non-hydrogen) atoms. The van der Waals surface area contributed by atoms with Crippen LogP contribution in [-0.2, 0) is 25.5 Å². The molecule has 0 saturated heterocycles. The van der Waals surface area contributed by atoms with Gasteiger partial charge in [-0.1, -0.05) is 30.4 Å². The predicted octanol–water partition coefficient (Wildman–Crippen LogP) is 6.20. The fourth-order valence-corrected chi connectivity index (χ4v) is 5.07. The Labute approximate surface area is 257 Å². The number of carbonyl (C=O) groups excluding carboxylic acids is 2. The standard InChI is InChI=1S/C35H29F2NO7/c36-24-7-5-23(6-8-24)25-2-1-3-26(35(25)40)30(39)19-22-4-9-32(28(37)18-22)45-31-10-11-38-29-21-34-33(20-27(29)31)43-16-14-41-12-13-42-15-17-44-34/h2-11,18,20-21H,1,12-17,19H2. The molecule has 0 bridgehead atoms. The number of carbonyl (C=O) groups is 2. The first-order chi connectivity index (χ1) is 22.0. The van der Waals surface area contributed by atoms with Crippen LogP contribution in [0.3, 0.4) is 0 Å². The lowest BCUT2D eigenvalue weighted by atomic mass is 9.88. The Balaban J connectivity index is 1.17. The van der Waals surface area contributed by atoms with Gasteiger partial charge in [0.25, 0.3) is 0 Å². The predicted molar refractivity (Wildman–Crippen MR) is 162 cm³/mol. The van der Waals surface area contributed by atoms with Gasteiger partial charge in [-0.05, 0) is 53.9 Å². The molecule has 0 saturated carbocycles. The third kappa shape index (κ3) is 7.08. The number of fused-ring (bicyclic) bond motifs is 2. The smallest absolute Gasteiger partial charge is 0.196 e. The molecule has 10 heteroatoms. The highest BCUT2D eigenvalue weighted by molar-refractivity contribution is 6.39. The molecule has 1 aromatic heterocycles. The zero-order valence-electron chi connectivity index (χ0n) is 24.2. The van der Waals surface area contributed by atoms with E-state index in [2.05, 4.69) is 4.98 Å². The van der Waals surface area contributed by atoms with E-state index in [0.717, 1.165) is 0 Å². The maximum Gasteiger partial charge on any atom is 0.196 e. The number of benzene rings is 3. The molecule has 8 nitrogen and oxygen atoms in total. The molecule has 0 spiro atoms. The van der Waals surface area contributed by atoms with E-state index in [1.807, 2.05) is 0 Å². The number of halogens is 2. The van der Waals surface area contributed by atoms with Crippen molar-refractivity contribution in [1.29, 1.82) is 0 Å². The number of ketones is 2. The number of hydrogen-bond donors (Lipinski definition) is 0. The average molecular weight is 614 g/mol. The van der Waals surface area contributed by atoms with Crippen LogP contribution >= 0.6 is 0 Å². The third-order valence-electron chi connectivity index (χ3n) is 7.28. The molecule has 4 aromatic rings. The summed E-state index contributed by atoms with van der Waals surface area (Å²) < 4.78 is 57.4. The SMILES string of the molecule is O=C(Cc1ccc(Oc2ccnc3cc4c(cc23)OCCOCCOCCO4)c(F)c1)C1=CCC=C(c2ccc(F)cc2)C1=O. The molecule has 0 unspecified atom stereocenters. The Morgan fingerprint density at radius 1 is 0.800 bits per heavy atom. The number of aromatic nitrogens is 1. The average Bonchev–Trinajstić information content (AvgIpc) is 3.03. The van der Waals surface area contributed by atoms with E-state index in [1.54, 1.807) is 42.6 Å². The molecular formula is C35H29F2NO7. The molecule has 0 fully saturated rings. The van der Waals surface area contributed by atoms with Crippen LogP contribution < -0.4 is 14.2 Å². The maximum absolute atomic E-state index is 15.3. The summed E-state index contributed by atoms with van der Waals surface area (Å²) in [5, 5.41) is 0.579. The second-order valence-corrected chi connectivity index (χ2v) is 10.3. The van der Waals surface area contributed by atoms with Gasteiger partial charge in [0.2, 0.25) is 0 Å². The largest absolute Gasteiger partial charge is 0.487 e. The van der Waals surface area contributed by atoms with E-state index in [4.69, 9.17) is 23.7 Å². The molecule has 1 aliphatic carbocycles. The summed E-state index contributed by atoms with van der Waals surface area (Å²) in [6, 6.07) is 14.8. The molecule has 0 amide bonds. The molecule has 2 heterocycles. The van der Waals surface area contributed by atoms with E-state index in [1.165, 1.54) is 36.4 Å². The van der Waals surface area contributed by atoms with Crippen molar-refractivity contribution in [2.45, 2.75) is 12.8 Å². The Bertz CT molecular complexity index is 1800. The minimum Gasteiger partial charge on any atom is -0.487 e. The van der Waals surface area contributed by atoms with Crippen LogP contribution in [0.2, 0.25) is 0 Å². The van der Waals surface area contributed by atoms with E-state index >= 15 is 4.39 Å². The van der Waals surface area contributed by atoms with Crippen molar-refractivity contribution in [2.24, 2.45) is 0 Å². The highest BCUT2D eigenvalue weighted by Crippen LogP contribution is 2.38. The lowest BCUT2D eigenvalue weighted by Crippen LogP contribution is -2.18. The molecule has 0 atom stereocenters. The first kappa shape index (κ1) is 30.1. The van der Waals surface area contributed by atoms with Crippen molar-refractivity contribution in [3.8, 4) is 23.0 Å². The minimum absolute atomic E-state index is 0.0263. The number of hydrogen-bond acceptors (Lipinski definition) is 8. The zero-order valence-corrected chi connectivity index (χ0v) is 24.2. The molecule has 2 aliphatic rings. The number of pyridine rings is 1. The van der Waals surface area contributed by atoms with Crippen LogP contribution in [0, 0.1) is 11.6 Å². The van der Waals surface area contributed by atoms with Gasteiger partial charge >= 0.3 is 0 Å². The van der Waals surface area contributed by atoms with Crippen LogP contribution in [0.25, 0.3) is 16.5 Å². The van der Waals surface area contributed by atoms with Crippen LogP contribution in [-0.4, -0.2) is 56.2 Å². The summed E-state index contributed by atoms with van der Waals surface area (Å²) in [6.07, 6.45) is 5.01. The van der Waals surface area contributed by atoms with Gasteiger partial charge in [-0.3, -0.25) is 14.6 Å². The molecular weight excluding hydrogens is 584 g/mol. The second kappa shape index (κ2) is 13.8. The summed E-state index contributed by atoms with van der Waals surface area (Å²) >= 11 is 0. The number of allylic oxidation sites excluding steroid dienone is 4. The van der Waals surface area contributed by atoms with Crippen LogP contribution in [0.4, 0.5) is 8.78 Å². The monoisotopic (exact) mass is 613 g/mol. The topological polar surface area (TPSA) is 93.2 Å². The second-order valence-electron chi connectivity index (χ2n) is 10.3.